The SMILES string of the molecule is CC(=O)N[C@H](Cc1c[nH]c2ccccc12)C(=O)N[C@@H]1CCCC[C@@H]1C(=O)N[C@@H]1O[C@@H](C)[C@@H](O)[C@@H](O)[C@@H]1O. The number of ether oxygens (including phenoxy) is 1. The zero-order valence-electron chi connectivity index (χ0n) is 21.0. The van der Waals surface area contributed by atoms with Gasteiger partial charge in [-0.05, 0) is 31.4 Å². The molecule has 1 aliphatic heterocycles. The van der Waals surface area contributed by atoms with Gasteiger partial charge in [0.25, 0.3) is 0 Å². The molecule has 1 saturated heterocycles. The molecule has 2 aromatic rings. The van der Waals surface area contributed by atoms with Crippen LogP contribution in [0.5, 0.6) is 0 Å². The van der Waals surface area contributed by atoms with E-state index in [2.05, 4.69) is 20.9 Å². The first-order valence-electron chi connectivity index (χ1n) is 12.8. The van der Waals surface area contributed by atoms with Gasteiger partial charge in [0.1, 0.15) is 24.4 Å². The lowest BCUT2D eigenvalue weighted by Gasteiger charge is -2.40. The highest BCUT2D eigenvalue weighted by atomic mass is 16.5. The molecule has 11 heteroatoms. The minimum absolute atomic E-state index is 0.277. The summed E-state index contributed by atoms with van der Waals surface area (Å²) in [6.45, 7) is 2.90. The number of amides is 3. The van der Waals surface area contributed by atoms with Crippen molar-refractivity contribution in [3.63, 3.8) is 0 Å². The number of aromatic amines is 1. The van der Waals surface area contributed by atoms with E-state index in [0.29, 0.717) is 12.8 Å². The lowest BCUT2D eigenvalue weighted by Crippen LogP contribution is -2.63. The monoisotopic (exact) mass is 516 g/mol. The second-order valence-corrected chi connectivity index (χ2v) is 10.1. The summed E-state index contributed by atoms with van der Waals surface area (Å²) in [5.41, 5.74) is 1.82. The molecule has 4 rings (SSSR count). The minimum Gasteiger partial charge on any atom is -0.388 e. The Morgan fingerprint density at radius 1 is 1.05 bits per heavy atom. The Kier molecular flexibility index (Phi) is 8.48. The summed E-state index contributed by atoms with van der Waals surface area (Å²) < 4.78 is 5.51. The van der Waals surface area contributed by atoms with Crippen molar-refractivity contribution < 1.29 is 34.4 Å². The van der Waals surface area contributed by atoms with Crippen molar-refractivity contribution in [3.8, 4) is 0 Å². The average molecular weight is 517 g/mol. The Labute approximate surface area is 215 Å². The van der Waals surface area contributed by atoms with Crippen LogP contribution in [-0.4, -0.2) is 80.8 Å². The van der Waals surface area contributed by atoms with Crippen LogP contribution in [0.3, 0.4) is 0 Å². The summed E-state index contributed by atoms with van der Waals surface area (Å²) in [6, 6.07) is 6.40. The number of aliphatic hydroxyl groups is 3. The average Bonchev–Trinajstić information content (AvgIpc) is 3.28. The molecule has 2 aliphatic rings. The van der Waals surface area contributed by atoms with Crippen molar-refractivity contribution in [2.75, 3.05) is 0 Å². The van der Waals surface area contributed by atoms with Crippen LogP contribution in [0.15, 0.2) is 30.5 Å². The summed E-state index contributed by atoms with van der Waals surface area (Å²) in [7, 11) is 0. The van der Waals surface area contributed by atoms with E-state index in [1.807, 2.05) is 30.5 Å². The largest absolute Gasteiger partial charge is 0.388 e. The van der Waals surface area contributed by atoms with Crippen LogP contribution in [0, 0.1) is 5.92 Å². The third-order valence-electron chi connectivity index (χ3n) is 7.36. The summed E-state index contributed by atoms with van der Waals surface area (Å²) in [5.74, 6) is -1.72. The van der Waals surface area contributed by atoms with E-state index >= 15 is 0 Å². The number of benzene rings is 1. The van der Waals surface area contributed by atoms with Crippen molar-refractivity contribution in [1.82, 2.24) is 20.9 Å². The standard InChI is InChI=1S/C26H36N4O7/c1-13-21(32)22(33)23(34)26(37-13)30-24(35)17-8-4-6-10-19(17)29-25(36)20(28-14(2)31)11-15-12-27-18-9-5-3-7-16(15)18/h3,5,7,9,12-13,17,19-23,26-27,32-34H,4,6,8,10-11H2,1-2H3,(H,28,31)(H,29,36)(H,30,35)/t13-,17-,19+,20+,21+,22+,23-,26+/m0/s1. The summed E-state index contributed by atoms with van der Waals surface area (Å²) in [4.78, 5) is 41.6. The summed E-state index contributed by atoms with van der Waals surface area (Å²) >= 11 is 0. The lowest BCUT2D eigenvalue weighted by atomic mass is 9.83. The van der Waals surface area contributed by atoms with Gasteiger partial charge in [0.15, 0.2) is 6.23 Å². The molecule has 2 heterocycles. The van der Waals surface area contributed by atoms with E-state index in [4.69, 9.17) is 4.74 Å². The van der Waals surface area contributed by atoms with Crippen molar-refractivity contribution in [3.05, 3.63) is 36.0 Å². The first-order chi connectivity index (χ1) is 17.7. The minimum atomic E-state index is -1.49. The van der Waals surface area contributed by atoms with Crippen LogP contribution in [0.1, 0.15) is 45.1 Å². The number of aliphatic hydroxyl groups excluding tert-OH is 3. The molecule has 3 amide bonds. The maximum absolute atomic E-state index is 13.3. The highest BCUT2D eigenvalue weighted by Gasteiger charge is 2.44. The zero-order chi connectivity index (χ0) is 26.7. The highest BCUT2D eigenvalue weighted by molar-refractivity contribution is 5.90. The van der Waals surface area contributed by atoms with Crippen LogP contribution in [-0.2, 0) is 25.5 Å². The van der Waals surface area contributed by atoms with Crippen LogP contribution in [0.2, 0.25) is 0 Å². The molecule has 1 aromatic heterocycles. The second-order valence-electron chi connectivity index (χ2n) is 10.1. The Balaban J connectivity index is 1.44. The van der Waals surface area contributed by atoms with Gasteiger partial charge in [0.05, 0.1) is 12.0 Å². The maximum Gasteiger partial charge on any atom is 0.243 e. The Bertz CT molecular complexity index is 1120. The topological polar surface area (TPSA) is 173 Å². The first-order valence-corrected chi connectivity index (χ1v) is 12.8. The molecule has 0 unspecified atom stereocenters. The predicted molar refractivity (Wildman–Crippen MR) is 134 cm³/mol. The van der Waals surface area contributed by atoms with Gasteiger partial charge in [-0.15, -0.1) is 0 Å². The molecule has 11 nitrogen and oxygen atoms in total. The van der Waals surface area contributed by atoms with E-state index < -0.39 is 54.6 Å². The highest BCUT2D eigenvalue weighted by Crippen LogP contribution is 2.27. The fraction of sp³-hybridized carbons (Fsp3) is 0.577. The molecule has 2 fully saturated rings. The molecule has 1 saturated carbocycles. The van der Waals surface area contributed by atoms with E-state index in [-0.39, 0.29) is 18.2 Å². The number of carbonyl (C=O) groups is 3. The molecule has 1 aliphatic carbocycles. The number of nitrogens with one attached hydrogen (secondary N) is 4. The van der Waals surface area contributed by atoms with Gasteiger partial charge in [-0.2, -0.15) is 0 Å². The molecule has 7 N–H and O–H groups in total. The predicted octanol–water partition coefficient (Wildman–Crippen LogP) is -0.166. The molecule has 0 bridgehead atoms. The number of carbonyl (C=O) groups excluding carboxylic acids is 3. The Morgan fingerprint density at radius 3 is 2.54 bits per heavy atom. The van der Waals surface area contributed by atoms with E-state index in [9.17, 15) is 29.7 Å². The van der Waals surface area contributed by atoms with Crippen LogP contribution >= 0.6 is 0 Å². The molecule has 0 radical (unpaired) electrons. The van der Waals surface area contributed by atoms with Crippen molar-refractivity contribution in [2.24, 2.45) is 5.92 Å². The van der Waals surface area contributed by atoms with Gasteiger partial charge < -0.3 is 41.0 Å². The quantitative estimate of drug-likeness (QED) is 0.268. The zero-order valence-corrected chi connectivity index (χ0v) is 21.0. The van der Waals surface area contributed by atoms with Crippen LogP contribution < -0.4 is 16.0 Å². The third-order valence-corrected chi connectivity index (χ3v) is 7.36. The third kappa shape index (κ3) is 6.12. The lowest BCUT2D eigenvalue weighted by molar-refractivity contribution is -0.225. The van der Waals surface area contributed by atoms with E-state index in [1.165, 1.54) is 6.92 Å². The summed E-state index contributed by atoms with van der Waals surface area (Å²) in [5, 5.41) is 39.5. The van der Waals surface area contributed by atoms with Gasteiger partial charge in [0, 0.05) is 36.5 Å². The van der Waals surface area contributed by atoms with Gasteiger partial charge in [-0.3, -0.25) is 14.4 Å². The Hall–Kier alpha value is -2.99. The fourth-order valence-corrected chi connectivity index (χ4v) is 5.29. The van der Waals surface area contributed by atoms with Gasteiger partial charge in [-0.25, -0.2) is 0 Å². The molecule has 0 spiro atoms. The van der Waals surface area contributed by atoms with Gasteiger partial charge >= 0.3 is 0 Å². The number of aromatic nitrogens is 1. The first kappa shape index (κ1) is 27.1. The molecule has 1 aromatic carbocycles. The molecule has 37 heavy (non-hydrogen) atoms. The maximum atomic E-state index is 13.3. The number of H-pyrrole nitrogens is 1. The normalized spacial score (nSPS) is 30.9. The number of hydrogen-bond donors (Lipinski definition) is 7. The van der Waals surface area contributed by atoms with Gasteiger partial charge in [0.2, 0.25) is 17.7 Å². The van der Waals surface area contributed by atoms with Crippen molar-refractivity contribution in [2.45, 2.75) is 88.7 Å². The number of fused-ring (bicyclic) bond motifs is 1. The van der Waals surface area contributed by atoms with Crippen LogP contribution in [0.4, 0.5) is 0 Å². The number of para-hydroxylation sites is 1. The van der Waals surface area contributed by atoms with Crippen molar-refractivity contribution in [1.29, 1.82) is 0 Å². The van der Waals surface area contributed by atoms with Crippen LogP contribution in [0.25, 0.3) is 10.9 Å². The molecular formula is C26H36N4O7. The Morgan fingerprint density at radius 2 is 1.78 bits per heavy atom. The smallest absolute Gasteiger partial charge is 0.243 e. The van der Waals surface area contributed by atoms with Crippen molar-refractivity contribution >= 4 is 28.6 Å². The molecular weight excluding hydrogens is 480 g/mol. The van der Waals surface area contributed by atoms with E-state index in [1.54, 1.807) is 6.92 Å². The molecule has 8 atom stereocenters. The molecule has 202 valence electrons. The van der Waals surface area contributed by atoms with Gasteiger partial charge in [-0.1, -0.05) is 31.0 Å². The second kappa shape index (κ2) is 11.6. The number of rotatable bonds is 7. The van der Waals surface area contributed by atoms with E-state index in [0.717, 1.165) is 29.3 Å². The summed E-state index contributed by atoms with van der Waals surface area (Å²) in [6.07, 6.45) is -1.37. The fourth-order valence-electron chi connectivity index (χ4n) is 5.29. The number of hydrogen-bond acceptors (Lipinski definition) is 7.